The largest absolute Gasteiger partial charge is 0.401 e. The van der Waals surface area contributed by atoms with Crippen molar-refractivity contribution in [3.8, 4) is 6.07 Å². The Morgan fingerprint density at radius 1 is 1.41 bits per heavy atom. The molecule has 0 aliphatic heterocycles. The summed E-state index contributed by atoms with van der Waals surface area (Å²) < 4.78 is 0. The van der Waals surface area contributed by atoms with E-state index in [1.54, 1.807) is 6.92 Å². The van der Waals surface area contributed by atoms with Crippen LogP contribution in [0.25, 0.3) is 5.57 Å². The van der Waals surface area contributed by atoms with Gasteiger partial charge in [0.05, 0.1) is 11.3 Å². The summed E-state index contributed by atoms with van der Waals surface area (Å²) in [4.78, 5) is 4.42. The highest BCUT2D eigenvalue weighted by Gasteiger charge is 2.09. The zero-order chi connectivity index (χ0) is 16.1. The van der Waals surface area contributed by atoms with Gasteiger partial charge in [-0.05, 0) is 37.0 Å². The average molecular weight is 312 g/mol. The fourth-order valence-corrected chi connectivity index (χ4v) is 2.77. The molecular weight excluding hydrogens is 292 g/mol. The third-order valence-electron chi connectivity index (χ3n) is 3.61. The molecule has 3 N–H and O–H groups in total. The molecule has 5 heteroatoms. The predicted molar refractivity (Wildman–Crippen MR) is 92.9 cm³/mol. The van der Waals surface area contributed by atoms with E-state index >= 15 is 0 Å². The van der Waals surface area contributed by atoms with E-state index < -0.39 is 0 Å². The average Bonchev–Trinajstić information content (AvgIpc) is 2.95. The van der Waals surface area contributed by atoms with Gasteiger partial charge in [0.1, 0.15) is 6.07 Å². The number of aromatic nitrogens is 1. The van der Waals surface area contributed by atoms with Gasteiger partial charge in [0.15, 0.2) is 5.13 Å². The summed E-state index contributed by atoms with van der Waals surface area (Å²) in [6.07, 6.45) is 1.13. The highest BCUT2D eigenvalue weighted by Crippen LogP contribution is 2.26. The fourth-order valence-electron chi connectivity index (χ4n) is 2.05. The molecule has 0 aliphatic rings. The third-order valence-corrected chi connectivity index (χ3v) is 4.37. The second-order valence-electron chi connectivity index (χ2n) is 5.26. The number of anilines is 2. The number of thiazole rings is 1. The molecule has 114 valence electrons. The fraction of sp³-hybridized carbons (Fsp3) is 0.294. The van der Waals surface area contributed by atoms with Crippen molar-refractivity contribution >= 4 is 27.7 Å². The van der Waals surface area contributed by atoms with E-state index in [-0.39, 0.29) is 0 Å². The topological polar surface area (TPSA) is 74.7 Å². The first-order valence-corrected chi connectivity index (χ1v) is 8.12. The van der Waals surface area contributed by atoms with Crippen molar-refractivity contribution in [1.82, 2.24) is 4.98 Å². The van der Waals surface area contributed by atoms with Gasteiger partial charge < -0.3 is 11.1 Å². The first-order valence-electron chi connectivity index (χ1n) is 7.24. The van der Waals surface area contributed by atoms with Crippen LogP contribution in [0.2, 0.25) is 0 Å². The Hall–Kier alpha value is -2.32. The Kier molecular flexibility index (Phi) is 5.18. The van der Waals surface area contributed by atoms with Gasteiger partial charge in [-0.2, -0.15) is 5.26 Å². The van der Waals surface area contributed by atoms with E-state index in [0.29, 0.717) is 22.9 Å². The van der Waals surface area contributed by atoms with Gasteiger partial charge in [0, 0.05) is 16.8 Å². The van der Waals surface area contributed by atoms with Crippen LogP contribution < -0.4 is 11.1 Å². The highest BCUT2D eigenvalue weighted by atomic mass is 32.1. The van der Waals surface area contributed by atoms with Crippen LogP contribution in [0.4, 0.5) is 10.8 Å². The first-order chi connectivity index (χ1) is 10.5. The number of nitrogens with two attached hydrogens (primary N) is 1. The zero-order valence-electron chi connectivity index (χ0n) is 13.1. The summed E-state index contributed by atoms with van der Waals surface area (Å²) in [5.41, 5.74) is 9.55. The number of benzene rings is 1. The zero-order valence-corrected chi connectivity index (χ0v) is 13.9. The van der Waals surface area contributed by atoms with Gasteiger partial charge in [-0.15, -0.1) is 11.3 Å². The maximum absolute atomic E-state index is 9.11. The van der Waals surface area contributed by atoms with Crippen LogP contribution in [0.1, 0.15) is 44.4 Å². The Morgan fingerprint density at radius 2 is 2.09 bits per heavy atom. The summed E-state index contributed by atoms with van der Waals surface area (Å²) >= 11 is 1.46. The molecule has 1 heterocycles. The van der Waals surface area contributed by atoms with Crippen molar-refractivity contribution in [2.24, 2.45) is 5.73 Å². The molecule has 0 bridgehead atoms. The van der Waals surface area contributed by atoms with Gasteiger partial charge >= 0.3 is 0 Å². The molecule has 0 fully saturated rings. The van der Waals surface area contributed by atoms with E-state index in [1.165, 1.54) is 16.9 Å². The van der Waals surface area contributed by atoms with Crippen LogP contribution in [0, 0.1) is 11.3 Å². The van der Waals surface area contributed by atoms with E-state index in [1.807, 2.05) is 5.38 Å². The molecule has 2 rings (SSSR count). The molecule has 22 heavy (non-hydrogen) atoms. The van der Waals surface area contributed by atoms with Crippen molar-refractivity contribution in [2.45, 2.75) is 33.1 Å². The third kappa shape index (κ3) is 3.66. The summed E-state index contributed by atoms with van der Waals surface area (Å²) in [5, 5.41) is 15.0. The molecule has 0 saturated carbocycles. The first kappa shape index (κ1) is 16.1. The molecule has 0 spiro atoms. The number of hydrogen-bond donors (Lipinski definition) is 2. The number of nitriles is 1. The molecule has 1 unspecified atom stereocenters. The Morgan fingerprint density at radius 3 is 2.64 bits per heavy atom. The van der Waals surface area contributed by atoms with Gasteiger partial charge in [-0.25, -0.2) is 4.98 Å². The highest BCUT2D eigenvalue weighted by molar-refractivity contribution is 7.13. The molecule has 0 aliphatic carbocycles. The molecule has 1 aromatic heterocycles. The van der Waals surface area contributed by atoms with Crippen LogP contribution in [-0.4, -0.2) is 4.98 Å². The summed E-state index contributed by atoms with van der Waals surface area (Å²) in [6, 6.07) is 10.5. The molecule has 4 nitrogen and oxygen atoms in total. The normalized spacial score (nSPS) is 13.2. The van der Waals surface area contributed by atoms with Crippen molar-refractivity contribution in [3.63, 3.8) is 0 Å². The Balaban J connectivity index is 2.14. The van der Waals surface area contributed by atoms with E-state index in [2.05, 4.69) is 54.5 Å². The lowest BCUT2D eigenvalue weighted by Gasteiger charge is -2.10. The number of nitrogens with zero attached hydrogens (tertiary/aromatic N) is 2. The molecule has 2 aromatic rings. The predicted octanol–water partition coefficient (Wildman–Crippen LogP) is 4.61. The molecule has 1 atom stereocenters. The number of nitrogens with one attached hydrogen (secondary N) is 1. The maximum Gasteiger partial charge on any atom is 0.187 e. The molecule has 0 saturated heterocycles. The van der Waals surface area contributed by atoms with Gasteiger partial charge in [0.2, 0.25) is 0 Å². The van der Waals surface area contributed by atoms with Gasteiger partial charge in [-0.1, -0.05) is 26.0 Å². The minimum atomic E-state index is 0.427. The smallest absolute Gasteiger partial charge is 0.187 e. The summed E-state index contributed by atoms with van der Waals surface area (Å²) in [7, 11) is 0. The lowest BCUT2D eigenvalue weighted by atomic mass is 9.99. The minimum Gasteiger partial charge on any atom is -0.401 e. The van der Waals surface area contributed by atoms with Gasteiger partial charge in [-0.3, -0.25) is 0 Å². The van der Waals surface area contributed by atoms with E-state index in [9.17, 15) is 0 Å². The van der Waals surface area contributed by atoms with Crippen LogP contribution in [0.3, 0.4) is 0 Å². The number of rotatable bonds is 5. The molecular formula is C17H20N4S. The standard InChI is InChI=1S/C17H20N4S/c1-4-11(2)13-5-7-14(8-6-13)20-17-21-16(10-22-17)15(9-18)12(3)19/h5-8,10-11H,4,19H2,1-3H3,(H,20,21)/b15-12-. The number of allylic oxidation sites excluding steroid dienone is 2. The van der Waals surface area contributed by atoms with Crippen LogP contribution >= 0.6 is 11.3 Å². The van der Waals surface area contributed by atoms with Crippen molar-refractivity contribution < 1.29 is 0 Å². The second-order valence-corrected chi connectivity index (χ2v) is 6.12. The van der Waals surface area contributed by atoms with Crippen molar-refractivity contribution in [1.29, 1.82) is 5.26 Å². The van der Waals surface area contributed by atoms with Crippen LogP contribution in [-0.2, 0) is 0 Å². The Labute approximate surface area is 135 Å². The molecule has 1 aromatic carbocycles. The Bertz CT molecular complexity index is 703. The second kappa shape index (κ2) is 7.10. The quantitative estimate of drug-likeness (QED) is 0.790. The van der Waals surface area contributed by atoms with E-state index in [0.717, 1.165) is 17.2 Å². The van der Waals surface area contributed by atoms with Crippen LogP contribution in [0.15, 0.2) is 35.3 Å². The lowest BCUT2D eigenvalue weighted by molar-refractivity contribution is 0.734. The maximum atomic E-state index is 9.11. The molecule has 0 radical (unpaired) electrons. The van der Waals surface area contributed by atoms with Crippen molar-refractivity contribution in [3.05, 3.63) is 46.6 Å². The van der Waals surface area contributed by atoms with Crippen LogP contribution in [0.5, 0.6) is 0 Å². The summed E-state index contributed by atoms with van der Waals surface area (Å²) in [5.74, 6) is 0.566. The van der Waals surface area contributed by atoms with E-state index in [4.69, 9.17) is 11.0 Å². The molecule has 0 amide bonds. The van der Waals surface area contributed by atoms with Crippen molar-refractivity contribution in [2.75, 3.05) is 5.32 Å². The summed E-state index contributed by atoms with van der Waals surface area (Å²) in [6.45, 7) is 6.12. The minimum absolute atomic E-state index is 0.427. The number of hydrogen-bond acceptors (Lipinski definition) is 5. The lowest BCUT2D eigenvalue weighted by Crippen LogP contribution is -1.97. The SMILES string of the molecule is CCC(C)c1ccc(Nc2nc(/C(C#N)=C(/C)N)cs2)cc1. The monoisotopic (exact) mass is 312 g/mol. The van der Waals surface area contributed by atoms with Gasteiger partial charge in [0.25, 0.3) is 0 Å².